The molecule has 0 spiro atoms. The van der Waals surface area contributed by atoms with Gasteiger partial charge in [-0.1, -0.05) is 24.3 Å². The number of hydrogen-bond donors (Lipinski definition) is 2. The summed E-state index contributed by atoms with van der Waals surface area (Å²) in [6.45, 7) is 1.04. The van der Waals surface area contributed by atoms with Crippen molar-refractivity contribution in [3.63, 3.8) is 0 Å². The number of fused-ring (bicyclic) bond motifs is 1. The van der Waals surface area contributed by atoms with Gasteiger partial charge >= 0.3 is 6.18 Å². The molecule has 4 rings (SSSR count). The Morgan fingerprint density at radius 2 is 1.86 bits per heavy atom. The van der Waals surface area contributed by atoms with Crippen LogP contribution in [0, 0.1) is 0 Å². The van der Waals surface area contributed by atoms with E-state index in [1.165, 1.54) is 24.1 Å². The second-order valence-electron chi connectivity index (χ2n) is 8.64. The number of pyridine rings is 1. The lowest BCUT2D eigenvalue weighted by Crippen LogP contribution is -2.44. The zero-order chi connectivity index (χ0) is 25.7. The van der Waals surface area contributed by atoms with Crippen molar-refractivity contribution < 1.29 is 27.8 Å². The fourth-order valence-corrected chi connectivity index (χ4v) is 4.55. The molecule has 1 unspecified atom stereocenters. The second kappa shape index (κ2) is 11.1. The van der Waals surface area contributed by atoms with Crippen LogP contribution in [0.2, 0.25) is 0 Å². The van der Waals surface area contributed by atoms with E-state index in [4.69, 9.17) is 4.74 Å². The van der Waals surface area contributed by atoms with Crippen molar-refractivity contribution in [2.45, 2.75) is 31.0 Å². The number of amides is 1. The van der Waals surface area contributed by atoms with Crippen LogP contribution in [0.25, 0.3) is 0 Å². The Labute approximate surface area is 207 Å². The molecule has 0 bridgehead atoms. The summed E-state index contributed by atoms with van der Waals surface area (Å²) < 4.78 is 47.1. The number of hydrogen-bond acceptors (Lipinski definition) is 5. The molecule has 2 heterocycles. The van der Waals surface area contributed by atoms with Gasteiger partial charge in [0, 0.05) is 49.6 Å². The van der Waals surface area contributed by atoms with E-state index >= 15 is 0 Å². The summed E-state index contributed by atoms with van der Waals surface area (Å²) in [4.78, 5) is 18.9. The molecule has 3 aromatic rings. The summed E-state index contributed by atoms with van der Waals surface area (Å²) in [5.41, 5.74) is 0.859. The van der Waals surface area contributed by atoms with Crippen LogP contribution in [-0.4, -0.2) is 48.8 Å². The van der Waals surface area contributed by atoms with Crippen LogP contribution in [0.15, 0.2) is 66.9 Å². The highest BCUT2D eigenvalue weighted by Gasteiger charge is 2.41. The molecule has 190 valence electrons. The third kappa shape index (κ3) is 5.68. The summed E-state index contributed by atoms with van der Waals surface area (Å²) in [5, 5.41) is 14.3. The van der Waals surface area contributed by atoms with Gasteiger partial charge in [0.1, 0.15) is 11.9 Å². The van der Waals surface area contributed by atoms with Gasteiger partial charge in [-0.25, -0.2) is 0 Å². The number of nitrogens with zero attached hydrogens (tertiary/aromatic N) is 2. The number of benzene rings is 2. The number of methoxy groups -OCH3 is 1. The standard InChI is InChI=1S/C27H28F3N3O3/c1-36-20-10-8-18(9-11-20)21-17-22-23(27(28,29)30)6-4-7-24(22)33(26(35)25(21)34)16-15-31-14-12-19-5-2-3-13-32-19/h2-11,13,21,25,31,34H,12,14-17H2,1H3/t21?,25-/m1/s1. The Hall–Kier alpha value is -3.43. The summed E-state index contributed by atoms with van der Waals surface area (Å²) in [7, 11) is 1.51. The Bertz CT molecular complexity index is 1170. The normalized spacial score (nSPS) is 18.0. The molecule has 0 fully saturated rings. The molecule has 2 atom stereocenters. The number of nitrogens with one attached hydrogen (secondary N) is 1. The second-order valence-corrected chi connectivity index (χ2v) is 8.64. The molecule has 1 amide bonds. The van der Waals surface area contributed by atoms with Crippen LogP contribution in [0.1, 0.15) is 28.3 Å². The minimum absolute atomic E-state index is 0.00389. The zero-order valence-corrected chi connectivity index (χ0v) is 19.8. The molecular weight excluding hydrogens is 471 g/mol. The summed E-state index contributed by atoms with van der Waals surface area (Å²) in [5.74, 6) is -0.892. The molecule has 36 heavy (non-hydrogen) atoms. The third-order valence-electron chi connectivity index (χ3n) is 6.41. The van der Waals surface area contributed by atoms with Gasteiger partial charge in [0.25, 0.3) is 5.91 Å². The number of alkyl halides is 3. The van der Waals surface area contributed by atoms with Crippen LogP contribution in [0.5, 0.6) is 5.75 Å². The molecule has 1 aromatic heterocycles. The highest BCUT2D eigenvalue weighted by Crippen LogP contribution is 2.42. The van der Waals surface area contributed by atoms with Gasteiger partial charge in [-0.2, -0.15) is 13.2 Å². The number of carbonyl (C=O) groups excluding carboxylic acids is 1. The van der Waals surface area contributed by atoms with Crippen molar-refractivity contribution in [2.75, 3.05) is 31.6 Å². The fourth-order valence-electron chi connectivity index (χ4n) is 4.55. The van der Waals surface area contributed by atoms with E-state index in [2.05, 4.69) is 10.3 Å². The predicted molar refractivity (Wildman–Crippen MR) is 130 cm³/mol. The van der Waals surface area contributed by atoms with Crippen LogP contribution in [0.4, 0.5) is 18.9 Å². The molecule has 9 heteroatoms. The van der Waals surface area contributed by atoms with Gasteiger partial charge in [0.2, 0.25) is 0 Å². The van der Waals surface area contributed by atoms with Gasteiger partial charge in [-0.15, -0.1) is 0 Å². The van der Waals surface area contributed by atoms with Gasteiger partial charge in [-0.05, 0) is 53.9 Å². The number of rotatable bonds is 8. The third-order valence-corrected chi connectivity index (χ3v) is 6.41. The number of carbonyl (C=O) groups is 1. The average molecular weight is 500 g/mol. The summed E-state index contributed by atoms with van der Waals surface area (Å²) >= 11 is 0. The molecule has 2 N–H and O–H groups in total. The van der Waals surface area contributed by atoms with Gasteiger partial charge in [0.15, 0.2) is 0 Å². The number of anilines is 1. The van der Waals surface area contributed by atoms with E-state index in [0.717, 1.165) is 11.8 Å². The maximum absolute atomic E-state index is 14.0. The quantitative estimate of drug-likeness (QED) is 0.459. The van der Waals surface area contributed by atoms with E-state index < -0.39 is 29.7 Å². The molecule has 1 aliphatic rings. The maximum atomic E-state index is 14.0. The largest absolute Gasteiger partial charge is 0.497 e. The van der Waals surface area contributed by atoms with Crippen molar-refractivity contribution >= 4 is 11.6 Å². The van der Waals surface area contributed by atoms with Crippen LogP contribution in [-0.2, 0) is 23.8 Å². The van der Waals surface area contributed by atoms with E-state index in [1.54, 1.807) is 30.5 Å². The Kier molecular flexibility index (Phi) is 7.91. The van der Waals surface area contributed by atoms with E-state index in [-0.39, 0.29) is 24.2 Å². The molecule has 1 aliphatic heterocycles. The Morgan fingerprint density at radius 1 is 1.08 bits per heavy atom. The number of halogens is 3. The molecular formula is C27H28F3N3O3. The van der Waals surface area contributed by atoms with E-state index in [1.807, 2.05) is 18.2 Å². The van der Waals surface area contributed by atoms with Crippen molar-refractivity contribution in [2.24, 2.45) is 0 Å². The number of ether oxygens (including phenoxy) is 1. The van der Waals surface area contributed by atoms with Gasteiger partial charge in [0.05, 0.1) is 12.7 Å². The minimum Gasteiger partial charge on any atom is -0.497 e. The molecule has 2 aromatic carbocycles. The lowest BCUT2D eigenvalue weighted by atomic mass is 9.86. The van der Waals surface area contributed by atoms with Crippen molar-refractivity contribution in [1.29, 1.82) is 0 Å². The van der Waals surface area contributed by atoms with Crippen LogP contribution >= 0.6 is 0 Å². The molecule has 0 radical (unpaired) electrons. The van der Waals surface area contributed by atoms with E-state index in [9.17, 15) is 23.1 Å². The average Bonchev–Trinajstić information content (AvgIpc) is 2.98. The summed E-state index contributed by atoms with van der Waals surface area (Å²) in [6, 6.07) is 16.1. The number of aliphatic hydroxyl groups excluding tert-OH is 1. The SMILES string of the molecule is COc1ccc(C2Cc3c(cccc3C(F)(F)F)N(CCNCCc3ccccn3)C(=O)[C@@H]2O)cc1. The van der Waals surface area contributed by atoms with Crippen molar-refractivity contribution in [3.8, 4) is 5.75 Å². The van der Waals surface area contributed by atoms with Crippen LogP contribution in [0.3, 0.4) is 0 Å². The van der Waals surface area contributed by atoms with Crippen LogP contribution < -0.4 is 15.0 Å². The summed E-state index contributed by atoms with van der Waals surface area (Å²) in [6.07, 6.45) is -3.85. The highest BCUT2D eigenvalue weighted by molar-refractivity contribution is 5.99. The number of aliphatic hydroxyl groups is 1. The molecule has 0 aliphatic carbocycles. The van der Waals surface area contributed by atoms with Crippen molar-refractivity contribution in [1.82, 2.24) is 10.3 Å². The first-order chi connectivity index (χ1) is 17.3. The molecule has 6 nitrogen and oxygen atoms in total. The predicted octanol–water partition coefficient (Wildman–Crippen LogP) is 3.98. The molecule has 0 saturated heterocycles. The highest BCUT2D eigenvalue weighted by atomic mass is 19.4. The first-order valence-electron chi connectivity index (χ1n) is 11.7. The van der Waals surface area contributed by atoms with Gasteiger partial charge < -0.3 is 20.1 Å². The zero-order valence-electron chi connectivity index (χ0n) is 19.8. The Balaban J connectivity index is 1.60. The fraction of sp³-hybridized carbons (Fsp3) is 0.333. The topological polar surface area (TPSA) is 74.7 Å². The monoisotopic (exact) mass is 499 g/mol. The lowest BCUT2D eigenvalue weighted by Gasteiger charge is -2.26. The first-order valence-corrected chi connectivity index (χ1v) is 11.7. The smallest absolute Gasteiger partial charge is 0.416 e. The molecule has 0 saturated carbocycles. The van der Waals surface area contributed by atoms with Crippen molar-refractivity contribution in [3.05, 3.63) is 89.2 Å². The number of aromatic nitrogens is 1. The van der Waals surface area contributed by atoms with Gasteiger partial charge in [-0.3, -0.25) is 9.78 Å². The first kappa shape index (κ1) is 25.7. The maximum Gasteiger partial charge on any atom is 0.416 e. The Morgan fingerprint density at radius 3 is 2.53 bits per heavy atom. The van der Waals surface area contributed by atoms with E-state index in [0.29, 0.717) is 30.8 Å². The lowest BCUT2D eigenvalue weighted by molar-refractivity contribution is -0.138. The minimum atomic E-state index is -4.60.